The van der Waals surface area contributed by atoms with Crippen LogP contribution in [0.5, 0.6) is 0 Å². The summed E-state index contributed by atoms with van der Waals surface area (Å²) >= 11 is 11.8. The summed E-state index contributed by atoms with van der Waals surface area (Å²) in [6.45, 7) is 3.75. The second-order valence-electron chi connectivity index (χ2n) is 4.71. The molecule has 1 aromatic rings. The van der Waals surface area contributed by atoms with E-state index in [0.29, 0.717) is 0 Å². The molecule has 2 amide bonds. The van der Waals surface area contributed by atoms with Crippen molar-refractivity contribution in [2.24, 2.45) is 0 Å². The first kappa shape index (κ1) is 16.9. The Kier molecular flexibility index (Phi) is 4.89. The molecule has 0 radical (unpaired) electrons. The first-order chi connectivity index (χ1) is 10.3. The van der Waals surface area contributed by atoms with Crippen LogP contribution >= 0.6 is 23.2 Å². The topological polar surface area (TPSA) is 78.5 Å². The Morgan fingerprint density at radius 2 is 1.95 bits per heavy atom. The summed E-state index contributed by atoms with van der Waals surface area (Å²) in [6.07, 6.45) is 2.43. The summed E-state index contributed by atoms with van der Waals surface area (Å²) in [5, 5.41) is 1.09. The van der Waals surface area contributed by atoms with Crippen molar-refractivity contribution in [3.05, 3.63) is 40.0 Å². The number of benzene rings is 1. The van der Waals surface area contributed by atoms with Crippen LogP contribution in [-0.2, 0) is 10.0 Å². The second-order valence-corrected chi connectivity index (χ2v) is 7.14. The fourth-order valence-electron chi connectivity index (χ4n) is 2.14. The molecule has 0 saturated heterocycles. The molecular weight excluding hydrogens is 349 g/mol. The first-order valence-electron chi connectivity index (χ1n) is 6.53. The molecule has 0 bridgehead atoms. The maximum atomic E-state index is 12.3. The third-order valence-corrected chi connectivity index (χ3v) is 5.62. The van der Waals surface area contributed by atoms with Crippen molar-refractivity contribution in [1.82, 2.24) is 15.2 Å². The molecule has 0 spiro atoms. The zero-order chi connectivity index (χ0) is 16.5. The number of urea groups is 1. The molecule has 120 valence electrons. The lowest BCUT2D eigenvalue weighted by Gasteiger charge is -2.23. The summed E-state index contributed by atoms with van der Waals surface area (Å²) in [4.78, 5) is 11.9. The van der Waals surface area contributed by atoms with E-state index >= 15 is 0 Å². The Balaban J connectivity index is 2.22. The highest BCUT2D eigenvalue weighted by Crippen LogP contribution is 2.29. The molecule has 22 heavy (non-hydrogen) atoms. The van der Waals surface area contributed by atoms with Gasteiger partial charge in [-0.05, 0) is 31.1 Å². The van der Waals surface area contributed by atoms with Crippen LogP contribution in [0.4, 0.5) is 4.79 Å². The molecule has 1 heterocycles. The van der Waals surface area contributed by atoms with Gasteiger partial charge in [-0.15, -0.1) is 0 Å². The van der Waals surface area contributed by atoms with Crippen LogP contribution in [0.15, 0.2) is 34.9 Å². The Morgan fingerprint density at radius 3 is 2.45 bits per heavy atom. The van der Waals surface area contributed by atoms with E-state index < -0.39 is 16.1 Å². The van der Waals surface area contributed by atoms with Crippen LogP contribution in [0.3, 0.4) is 0 Å². The van der Waals surface area contributed by atoms with Crippen molar-refractivity contribution in [2.45, 2.75) is 31.2 Å². The smallest absolute Gasteiger partial charge is 0.301 e. The van der Waals surface area contributed by atoms with E-state index in [9.17, 15) is 13.2 Å². The van der Waals surface area contributed by atoms with Gasteiger partial charge in [0.1, 0.15) is 4.90 Å². The normalized spacial score (nSPS) is 17.9. The van der Waals surface area contributed by atoms with Crippen molar-refractivity contribution in [3.63, 3.8) is 0 Å². The predicted molar refractivity (Wildman–Crippen MR) is 85.0 cm³/mol. The van der Waals surface area contributed by atoms with Crippen molar-refractivity contribution in [3.8, 4) is 0 Å². The molecule has 2 N–H and O–H groups in total. The molecular formula is C13H15Cl2N3O3S. The van der Waals surface area contributed by atoms with Gasteiger partial charge in [-0.3, -0.25) is 0 Å². The standard InChI is InChI=1S/C13H15Cl2N3O3S/c1-3-9-7-16-18(8(9)2)13(19)17-22(20,21)12-10(14)5-4-6-11(12)15/h4-8,16H,3H2,1-2H3,(H,17,19). The average molecular weight is 364 g/mol. The summed E-state index contributed by atoms with van der Waals surface area (Å²) in [6, 6.07) is 3.25. The number of hydrazine groups is 1. The minimum absolute atomic E-state index is 0.0531. The fourth-order valence-corrected chi connectivity index (χ4v) is 4.22. The molecule has 0 fully saturated rings. The summed E-state index contributed by atoms with van der Waals surface area (Å²) in [5.74, 6) is 0. The molecule has 1 unspecified atom stereocenters. The molecule has 1 atom stereocenters. The van der Waals surface area contributed by atoms with Gasteiger partial charge in [0.25, 0.3) is 10.0 Å². The predicted octanol–water partition coefficient (Wildman–Crippen LogP) is 2.89. The minimum atomic E-state index is -4.17. The summed E-state index contributed by atoms with van der Waals surface area (Å²) in [7, 11) is -4.17. The SMILES string of the molecule is CCC1=CNN(C(=O)NS(=O)(=O)c2c(Cl)cccc2Cl)C1C. The van der Waals surface area contributed by atoms with Crippen molar-refractivity contribution >= 4 is 39.3 Å². The lowest BCUT2D eigenvalue weighted by molar-refractivity contribution is 0.182. The zero-order valence-corrected chi connectivity index (χ0v) is 14.3. The van der Waals surface area contributed by atoms with Crippen LogP contribution in [0.1, 0.15) is 20.3 Å². The third kappa shape index (κ3) is 3.16. The summed E-state index contributed by atoms with van der Waals surface area (Å²) < 4.78 is 26.6. The highest BCUT2D eigenvalue weighted by Gasteiger charge is 2.31. The van der Waals surface area contributed by atoms with Gasteiger partial charge in [0.2, 0.25) is 0 Å². The van der Waals surface area contributed by atoms with Crippen molar-refractivity contribution in [1.29, 1.82) is 0 Å². The molecule has 0 aliphatic carbocycles. The van der Waals surface area contributed by atoms with Crippen molar-refractivity contribution < 1.29 is 13.2 Å². The number of amides is 2. The van der Waals surface area contributed by atoms with Crippen LogP contribution in [0, 0.1) is 0 Å². The number of halogens is 2. The molecule has 1 aliphatic rings. The van der Waals surface area contributed by atoms with Gasteiger partial charge in [-0.2, -0.15) is 0 Å². The lowest BCUT2D eigenvalue weighted by Crippen LogP contribution is -2.49. The Bertz CT molecular complexity index is 714. The van der Waals surface area contributed by atoms with E-state index in [-0.39, 0.29) is 21.0 Å². The van der Waals surface area contributed by atoms with Gasteiger partial charge in [0, 0.05) is 6.20 Å². The molecule has 1 aliphatic heterocycles. The highest BCUT2D eigenvalue weighted by atomic mass is 35.5. The van der Waals surface area contributed by atoms with Crippen molar-refractivity contribution in [2.75, 3.05) is 0 Å². The number of nitrogens with zero attached hydrogens (tertiary/aromatic N) is 1. The van der Waals surface area contributed by atoms with Gasteiger partial charge in [-0.1, -0.05) is 36.2 Å². The largest absolute Gasteiger partial charge is 0.350 e. The fraction of sp³-hybridized carbons (Fsp3) is 0.308. The van der Waals surface area contributed by atoms with E-state index in [0.717, 1.165) is 12.0 Å². The highest BCUT2D eigenvalue weighted by molar-refractivity contribution is 7.90. The number of carbonyl (C=O) groups excluding carboxylic acids is 1. The third-order valence-electron chi connectivity index (χ3n) is 3.35. The number of nitrogens with one attached hydrogen (secondary N) is 2. The number of carbonyl (C=O) groups is 1. The molecule has 0 saturated carbocycles. The zero-order valence-electron chi connectivity index (χ0n) is 11.9. The maximum absolute atomic E-state index is 12.3. The van der Waals surface area contributed by atoms with E-state index in [2.05, 4.69) is 5.43 Å². The molecule has 0 aromatic heterocycles. The monoisotopic (exact) mass is 363 g/mol. The number of hydrogen-bond acceptors (Lipinski definition) is 4. The number of hydrogen-bond donors (Lipinski definition) is 2. The van der Waals surface area contributed by atoms with E-state index in [1.54, 1.807) is 13.1 Å². The molecule has 9 heteroatoms. The van der Waals surface area contributed by atoms with Gasteiger partial charge in [0.05, 0.1) is 16.1 Å². The molecule has 1 aromatic carbocycles. The average Bonchev–Trinajstić information content (AvgIpc) is 2.78. The van der Waals surface area contributed by atoms with Gasteiger partial charge in [0.15, 0.2) is 0 Å². The van der Waals surface area contributed by atoms with Crippen LogP contribution < -0.4 is 10.1 Å². The van der Waals surface area contributed by atoms with Crippen LogP contribution in [0.2, 0.25) is 10.0 Å². The second kappa shape index (κ2) is 6.36. The van der Waals surface area contributed by atoms with E-state index in [1.165, 1.54) is 23.2 Å². The minimum Gasteiger partial charge on any atom is -0.301 e. The summed E-state index contributed by atoms with van der Waals surface area (Å²) in [5.41, 5.74) is 3.73. The Morgan fingerprint density at radius 1 is 1.36 bits per heavy atom. The van der Waals surface area contributed by atoms with E-state index in [4.69, 9.17) is 23.2 Å². The van der Waals surface area contributed by atoms with Gasteiger partial charge < -0.3 is 5.43 Å². The van der Waals surface area contributed by atoms with Crippen LogP contribution in [-0.4, -0.2) is 25.5 Å². The first-order valence-corrected chi connectivity index (χ1v) is 8.77. The molecule has 6 nitrogen and oxygen atoms in total. The number of rotatable bonds is 3. The number of sulfonamides is 1. The van der Waals surface area contributed by atoms with Crippen LogP contribution in [0.25, 0.3) is 0 Å². The van der Waals surface area contributed by atoms with Gasteiger partial charge in [-0.25, -0.2) is 22.9 Å². The van der Waals surface area contributed by atoms with Gasteiger partial charge >= 0.3 is 6.03 Å². The molecule has 2 rings (SSSR count). The Hall–Kier alpha value is -1.44. The Labute approximate surface area is 139 Å². The maximum Gasteiger partial charge on any atom is 0.350 e. The quantitative estimate of drug-likeness (QED) is 0.865. The lowest BCUT2D eigenvalue weighted by atomic mass is 10.1. The van der Waals surface area contributed by atoms with E-state index in [1.807, 2.05) is 11.6 Å².